The summed E-state index contributed by atoms with van der Waals surface area (Å²) in [5, 5.41) is 10.1. The van der Waals surface area contributed by atoms with E-state index >= 15 is 0 Å². The molecule has 0 aliphatic carbocycles. The second-order valence-corrected chi connectivity index (χ2v) is 4.38. The van der Waals surface area contributed by atoms with Crippen LogP contribution in [0, 0.1) is 0 Å². The van der Waals surface area contributed by atoms with E-state index in [2.05, 4.69) is 10.9 Å². The first kappa shape index (κ1) is 13.4. The number of carbonyl (C=O) groups excluding carboxylic acids is 1. The van der Waals surface area contributed by atoms with Crippen molar-refractivity contribution in [2.75, 3.05) is 0 Å². The normalized spacial score (nSPS) is 10.2. The molecule has 4 nitrogen and oxygen atoms in total. The fourth-order valence-electron chi connectivity index (χ4n) is 1.55. The van der Waals surface area contributed by atoms with Crippen LogP contribution in [-0.4, -0.2) is 11.0 Å². The van der Waals surface area contributed by atoms with E-state index in [1.165, 1.54) is 0 Å². The highest BCUT2D eigenvalue weighted by Gasteiger charge is 2.05. The molecule has 0 saturated heterocycles. The highest BCUT2D eigenvalue weighted by molar-refractivity contribution is 6.30. The Kier molecular flexibility index (Phi) is 4.39. The molecule has 1 amide bonds. The molecule has 0 heterocycles. The van der Waals surface area contributed by atoms with Gasteiger partial charge in [0.2, 0.25) is 0 Å². The highest BCUT2D eigenvalue weighted by atomic mass is 35.5. The van der Waals surface area contributed by atoms with Crippen LogP contribution in [0.25, 0.3) is 0 Å². The first-order chi connectivity index (χ1) is 9.16. The lowest BCUT2D eigenvalue weighted by Gasteiger charge is -2.08. The van der Waals surface area contributed by atoms with Gasteiger partial charge in [-0.25, -0.2) is 5.43 Å². The molecule has 0 aliphatic rings. The van der Waals surface area contributed by atoms with E-state index in [1.54, 1.807) is 42.5 Å². The monoisotopic (exact) mass is 276 g/mol. The molecule has 0 unspecified atom stereocenters. The van der Waals surface area contributed by atoms with Crippen molar-refractivity contribution < 1.29 is 9.90 Å². The molecular weight excluding hydrogens is 264 g/mol. The van der Waals surface area contributed by atoms with Crippen molar-refractivity contribution in [3.05, 3.63) is 64.7 Å². The zero-order valence-corrected chi connectivity index (χ0v) is 10.8. The van der Waals surface area contributed by atoms with E-state index in [4.69, 9.17) is 11.6 Å². The van der Waals surface area contributed by atoms with Crippen LogP contribution in [0.2, 0.25) is 5.02 Å². The van der Waals surface area contributed by atoms with Crippen LogP contribution in [0.15, 0.2) is 48.5 Å². The van der Waals surface area contributed by atoms with Crippen LogP contribution in [0.5, 0.6) is 5.75 Å². The van der Waals surface area contributed by atoms with Gasteiger partial charge in [-0.3, -0.25) is 10.2 Å². The zero-order valence-electron chi connectivity index (χ0n) is 10.1. The maximum absolute atomic E-state index is 11.8. The summed E-state index contributed by atoms with van der Waals surface area (Å²) in [6, 6.07) is 13.5. The van der Waals surface area contributed by atoms with Gasteiger partial charge in [-0.1, -0.05) is 29.8 Å². The predicted octanol–water partition coefficient (Wildman–Crippen LogP) is 2.48. The van der Waals surface area contributed by atoms with Gasteiger partial charge in [0, 0.05) is 22.7 Å². The Balaban J connectivity index is 1.88. The summed E-state index contributed by atoms with van der Waals surface area (Å²) < 4.78 is 0. The Morgan fingerprint density at radius 3 is 2.47 bits per heavy atom. The highest BCUT2D eigenvalue weighted by Crippen LogP contribution is 2.14. The number of hydrogen-bond donors (Lipinski definition) is 3. The topological polar surface area (TPSA) is 61.4 Å². The van der Waals surface area contributed by atoms with Crippen LogP contribution in [0.3, 0.4) is 0 Å². The van der Waals surface area contributed by atoms with Crippen molar-refractivity contribution in [1.82, 2.24) is 10.9 Å². The smallest absolute Gasteiger partial charge is 0.265 e. The quantitative estimate of drug-likeness (QED) is 0.752. The lowest BCUT2D eigenvalue weighted by Crippen LogP contribution is -2.36. The molecule has 0 atom stereocenters. The van der Waals surface area contributed by atoms with Crippen LogP contribution in [-0.2, 0) is 6.54 Å². The summed E-state index contributed by atoms with van der Waals surface area (Å²) in [6.45, 7) is 0.339. The van der Waals surface area contributed by atoms with Gasteiger partial charge < -0.3 is 5.11 Å². The number of phenols is 1. The Morgan fingerprint density at radius 1 is 1.11 bits per heavy atom. The molecule has 0 fully saturated rings. The van der Waals surface area contributed by atoms with Crippen molar-refractivity contribution in [2.24, 2.45) is 0 Å². The van der Waals surface area contributed by atoms with Gasteiger partial charge in [0.25, 0.3) is 5.91 Å². The largest absolute Gasteiger partial charge is 0.508 e. The van der Waals surface area contributed by atoms with Gasteiger partial charge in [0.15, 0.2) is 0 Å². The fourth-order valence-corrected chi connectivity index (χ4v) is 1.68. The molecule has 0 saturated carbocycles. The molecule has 0 radical (unpaired) electrons. The van der Waals surface area contributed by atoms with Gasteiger partial charge in [-0.05, 0) is 30.3 Å². The minimum absolute atomic E-state index is 0.191. The standard InChI is InChI=1S/C14H13ClN2O2/c15-12-7-5-10(6-8-12)14(19)17-16-9-11-3-1-2-4-13(11)18/h1-8,16,18H,9H2,(H,17,19). The third-order valence-corrected chi connectivity index (χ3v) is 2.83. The van der Waals surface area contributed by atoms with Crippen molar-refractivity contribution in [1.29, 1.82) is 0 Å². The van der Waals surface area contributed by atoms with Crippen molar-refractivity contribution in [3.8, 4) is 5.75 Å². The number of hydrogen-bond acceptors (Lipinski definition) is 3. The SMILES string of the molecule is O=C(NNCc1ccccc1O)c1ccc(Cl)cc1. The molecule has 0 aliphatic heterocycles. The van der Waals surface area contributed by atoms with Crippen molar-refractivity contribution >= 4 is 17.5 Å². The molecule has 0 spiro atoms. The van der Waals surface area contributed by atoms with E-state index < -0.39 is 0 Å². The van der Waals surface area contributed by atoms with E-state index in [-0.39, 0.29) is 11.7 Å². The minimum Gasteiger partial charge on any atom is -0.508 e. The van der Waals surface area contributed by atoms with Crippen LogP contribution in [0.4, 0.5) is 0 Å². The molecule has 0 aromatic heterocycles. The maximum Gasteiger partial charge on any atom is 0.265 e. The third kappa shape index (κ3) is 3.71. The lowest BCUT2D eigenvalue weighted by atomic mass is 10.2. The molecule has 2 rings (SSSR count). The molecule has 2 aromatic carbocycles. The summed E-state index contributed by atoms with van der Waals surface area (Å²) >= 11 is 5.74. The molecule has 19 heavy (non-hydrogen) atoms. The van der Waals surface area contributed by atoms with Gasteiger partial charge in [-0.2, -0.15) is 0 Å². The molecule has 98 valence electrons. The van der Waals surface area contributed by atoms with E-state index in [0.717, 1.165) is 0 Å². The third-order valence-electron chi connectivity index (χ3n) is 2.58. The minimum atomic E-state index is -0.257. The second kappa shape index (κ2) is 6.22. The molecule has 2 aromatic rings. The lowest BCUT2D eigenvalue weighted by molar-refractivity contribution is 0.0932. The second-order valence-electron chi connectivity index (χ2n) is 3.94. The number of carbonyl (C=O) groups is 1. The Labute approximate surface area is 116 Å². The first-order valence-electron chi connectivity index (χ1n) is 5.72. The number of hydrazine groups is 1. The Hall–Kier alpha value is -2.04. The van der Waals surface area contributed by atoms with Gasteiger partial charge in [0.1, 0.15) is 5.75 Å². The summed E-state index contributed by atoms with van der Waals surface area (Å²) in [5.74, 6) is -0.0668. The van der Waals surface area contributed by atoms with Crippen molar-refractivity contribution in [3.63, 3.8) is 0 Å². The number of aromatic hydroxyl groups is 1. The molecular formula is C14H13ClN2O2. The summed E-state index contributed by atoms with van der Waals surface area (Å²) in [4.78, 5) is 11.8. The van der Waals surface area contributed by atoms with Crippen LogP contribution >= 0.6 is 11.6 Å². The molecule has 0 bridgehead atoms. The fraction of sp³-hybridized carbons (Fsp3) is 0.0714. The number of amides is 1. The number of benzene rings is 2. The summed E-state index contributed by atoms with van der Waals surface area (Å²) in [7, 11) is 0. The number of para-hydroxylation sites is 1. The van der Waals surface area contributed by atoms with Gasteiger partial charge >= 0.3 is 0 Å². The zero-order chi connectivity index (χ0) is 13.7. The van der Waals surface area contributed by atoms with Crippen LogP contribution in [0.1, 0.15) is 15.9 Å². The number of phenolic OH excluding ortho intramolecular Hbond substituents is 1. The first-order valence-corrected chi connectivity index (χ1v) is 6.10. The number of rotatable bonds is 4. The van der Waals surface area contributed by atoms with Crippen LogP contribution < -0.4 is 10.9 Å². The number of halogens is 1. The van der Waals surface area contributed by atoms with Gasteiger partial charge in [-0.15, -0.1) is 0 Å². The average molecular weight is 277 g/mol. The average Bonchev–Trinajstić information content (AvgIpc) is 2.41. The molecule has 5 heteroatoms. The Bertz CT molecular complexity index is 570. The summed E-state index contributed by atoms with van der Waals surface area (Å²) in [5.41, 5.74) is 6.53. The van der Waals surface area contributed by atoms with E-state index in [0.29, 0.717) is 22.7 Å². The predicted molar refractivity (Wildman–Crippen MR) is 73.9 cm³/mol. The maximum atomic E-state index is 11.8. The van der Waals surface area contributed by atoms with E-state index in [1.807, 2.05) is 6.07 Å². The molecule has 3 N–H and O–H groups in total. The summed E-state index contributed by atoms with van der Waals surface area (Å²) in [6.07, 6.45) is 0. The van der Waals surface area contributed by atoms with Gasteiger partial charge in [0.05, 0.1) is 0 Å². The Morgan fingerprint density at radius 2 is 1.79 bits per heavy atom. The van der Waals surface area contributed by atoms with Crippen molar-refractivity contribution in [2.45, 2.75) is 6.54 Å². The van der Waals surface area contributed by atoms with E-state index in [9.17, 15) is 9.90 Å². The number of nitrogens with one attached hydrogen (secondary N) is 2.